The van der Waals surface area contributed by atoms with Crippen LogP contribution >= 0.6 is 11.8 Å². The molecule has 0 aliphatic carbocycles. The number of fused-ring (bicyclic) bond motifs is 1. The molecule has 3 atom stereocenters. The molecule has 0 unspecified atom stereocenters. The second-order valence-electron chi connectivity index (χ2n) is 13.2. The van der Waals surface area contributed by atoms with Gasteiger partial charge in [-0.15, -0.1) is 0 Å². The van der Waals surface area contributed by atoms with E-state index in [1.54, 1.807) is 14.7 Å². The van der Waals surface area contributed by atoms with E-state index < -0.39 is 17.9 Å². The molecule has 3 rings (SSSR count). The van der Waals surface area contributed by atoms with Crippen LogP contribution < -0.4 is 36.6 Å². The van der Waals surface area contributed by atoms with E-state index in [-0.39, 0.29) is 113 Å². The summed E-state index contributed by atoms with van der Waals surface area (Å²) < 4.78 is 0. The van der Waals surface area contributed by atoms with Gasteiger partial charge in [-0.25, -0.2) is 4.79 Å². The quantitative estimate of drug-likeness (QED) is 0.0632. The molecule has 0 saturated carbocycles. The normalized spacial score (nSPS) is 22.7. The van der Waals surface area contributed by atoms with E-state index in [1.807, 2.05) is 16.7 Å². The summed E-state index contributed by atoms with van der Waals surface area (Å²) in [5.74, 6) is -2.92. The molecule has 0 radical (unpaired) electrons. The van der Waals surface area contributed by atoms with E-state index in [0.717, 1.165) is 57.4 Å². The minimum absolute atomic E-state index is 0. The molecule has 0 aromatic carbocycles. The molecule has 3 aliphatic heterocycles. The van der Waals surface area contributed by atoms with Crippen LogP contribution in [0.4, 0.5) is 4.79 Å². The molecule has 0 aromatic rings. The SMILES string of the molecule is O=C([O-])CN1CCN(CC(=O)[O-])CCN(CC(=O)NCCCCCCNCCCCC[C@@H]2SC[C@@H]3NC(=O)N[C@@H]32)CCN(CC(=O)[O-])CC1.[177Lu+3]. The molecule has 292 valence electrons. The number of amides is 3. The molecule has 3 aliphatic rings. The Bertz CT molecular complexity index is 1030. The van der Waals surface area contributed by atoms with Gasteiger partial charge >= 0.3 is 42.9 Å². The first-order chi connectivity index (χ1) is 23.6. The smallest absolute Gasteiger partial charge is 0.549 e. The van der Waals surface area contributed by atoms with Crippen molar-refractivity contribution in [2.24, 2.45) is 0 Å². The number of carboxylic acids is 3. The molecular weight excluding hydrogens is 833 g/mol. The van der Waals surface area contributed by atoms with Crippen molar-refractivity contribution in [3.63, 3.8) is 0 Å². The third-order valence-corrected chi connectivity index (χ3v) is 10.7. The van der Waals surface area contributed by atoms with Crippen LogP contribution in [0.1, 0.15) is 51.4 Å². The first kappa shape index (κ1) is 44.7. The summed E-state index contributed by atoms with van der Waals surface area (Å²) >= 11 is 1.96. The molecule has 16 nitrogen and oxygen atoms in total. The number of carbonyl (C=O) groups excluding carboxylic acids is 5. The number of carbonyl (C=O) groups is 5. The van der Waals surface area contributed by atoms with Crippen molar-refractivity contribution >= 4 is 41.6 Å². The molecule has 3 fully saturated rings. The summed E-state index contributed by atoms with van der Waals surface area (Å²) in [6, 6.07) is 0.544. The summed E-state index contributed by atoms with van der Waals surface area (Å²) in [5, 5.41) is 46.9. The molecule has 0 bridgehead atoms. The van der Waals surface area contributed by atoms with E-state index in [1.165, 1.54) is 12.8 Å². The van der Waals surface area contributed by atoms with Gasteiger partial charge < -0.3 is 51.0 Å². The van der Waals surface area contributed by atoms with E-state index in [9.17, 15) is 39.3 Å². The van der Waals surface area contributed by atoms with Crippen molar-refractivity contribution in [2.45, 2.75) is 68.7 Å². The summed E-state index contributed by atoms with van der Waals surface area (Å²) in [4.78, 5) is 65.0. The van der Waals surface area contributed by atoms with Crippen LogP contribution in [-0.2, 0) is 19.2 Å². The Hall–Kier alpha value is -1.47. The van der Waals surface area contributed by atoms with Crippen LogP contribution in [0.25, 0.3) is 0 Å². The Balaban J connectivity index is 0.00000867. The Morgan fingerprint density at radius 1 is 0.640 bits per heavy atom. The number of hydrogen-bond donors (Lipinski definition) is 4. The molecule has 0 aromatic heterocycles. The summed E-state index contributed by atoms with van der Waals surface area (Å²) in [6.45, 7) is 4.00. The van der Waals surface area contributed by atoms with Crippen LogP contribution in [0, 0.1) is 36.9 Å². The maximum Gasteiger partial charge on any atom is 3.00 e. The van der Waals surface area contributed by atoms with Crippen molar-refractivity contribution in [3.05, 3.63) is 0 Å². The minimum atomic E-state index is -1.27. The van der Waals surface area contributed by atoms with Gasteiger partial charge in [-0.1, -0.05) is 25.7 Å². The van der Waals surface area contributed by atoms with Gasteiger partial charge in [-0.05, 0) is 38.8 Å². The zero-order valence-electron chi connectivity index (χ0n) is 28.9. The standard InChI is InChI=1S/C32H58N8O8S.Lu/c41-27(34-11-7-2-1-5-9-33-10-6-3-4-8-26-31-25(24-49-26)35-32(48)36-31)20-37-12-14-38(21-28(42)43)16-18-40(23-30(46)47)19-17-39(15-13-37)22-29(44)45;/h25-26,31,33H,1-24H2,(H,34,41)(H,42,43)(H,44,45)(H,46,47)(H2,35,36,48);/q;+3/p-3/t25-,26-,31-;/m0./s1/i;1+2. The predicted molar refractivity (Wildman–Crippen MR) is 179 cm³/mol. The third-order valence-electron chi connectivity index (χ3n) is 9.24. The maximum atomic E-state index is 12.8. The predicted octanol–water partition coefficient (Wildman–Crippen LogP) is -4.55. The fourth-order valence-corrected chi connectivity index (χ4v) is 8.06. The number of nitrogens with zero attached hydrogens (tertiary/aromatic N) is 4. The number of aliphatic carboxylic acids is 3. The van der Waals surface area contributed by atoms with Crippen LogP contribution in [0.5, 0.6) is 0 Å². The zero-order valence-corrected chi connectivity index (χ0v) is 31.4. The first-order valence-electron chi connectivity index (χ1n) is 17.7. The molecule has 0 spiro atoms. The number of rotatable bonds is 21. The number of carboxylic acid groups (broad SMARTS) is 3. The molecule has 3 heterocycles. The van der Waals surface area contributed by atoms with Gasteiger partial charge in [0.1, 0.15) is 0 Å². The van der Waals surface area contributed by atoms with Gasteiger partial charge in [-0.2, -0.15) is 11.8 Å². The fraction of sp³-hybridized carbons (Fsp3) is 0.844. The number of thioether (sulfide) groups is 1. The van der Waals surface area contributed by atoms with E-state index >= 15 is 0 Å². The van der Waals surface area contributed by atoms with Crippen molar-refractivity contribution in [3.8, 4) is 0 Å². The van der Waals surface area contributed by atoms with Gasteiger partial charge in [0.2, 0.25) is 5.91 Å². The molecular formula is C32H55LuN8O8S. The molecule has 4 N–H and O–H groups in total. The van der Waals surface area contributed by atoms with Gasteiger partial charge in [0.25, 0.3) is 0 Å². The second kappa shape index (κ2) is 25.5. The van der Waals surface area contributed by atoms with Gasteiger partial charge in [0, 0.05) is 89.5 Å². The van der Waals surface area contributed by atoms with Crippen molar-refractivity contribution in [1.29, 1.82) is 0 Å². The van der Waals surface area contributed by atoms with Crippen LogP contribution in [-0.4, -0.2) is 171 Å². The number of urea groups is 1. The average Bonchev–Trinajstić information content (AvgIpc) is 3.59. The van der Waals surface area contributed by atoms with Crippen molar-refractivity contribution in [2.75, 3.05) is 104 Å². The van der Waals surface area contributed by atoms with Crippen LogP contribution in [0.3, 0.4) is 0 Å². The van der Waals surface area contributed by atoms with Crippen LogP contribution in [0.15, 0.2) is 0 Å². The Morgan fingerprint density at radius 2 is 1.08 bits per heavy atom. The molecule has 50 heavy (non-hydrogen) atoms. The molecule has 18 heteroatoms. The summed E-state index contributed by atoms with van der Waals surface area (Å²) in [7, 11) is 0. The number of hydrogen-bond acceptors (Lipinski definition) is 14. The third kappa shape index (κ3) is 18.9. The largest absolute Gasteiger partial charge is 3.00 e. The number of nitrogens with one attached hydrogen (secondary N) is 4. The zero-order chi connectivity index (χ0) is 35.4. The minimum Gasteiger partial charge on any atom is -0.549 e. The monoisotopic (exact) mass is 888 g/mol. The van der Waals surface area contributed by atoms with E-state index in [2.05, 4.69) is 21.3 Å². The van der Waals surface area contributed by atoms with E-state index in [0.29, 0.717) is 38.0 Å². The average molecular weight is 889 g/mol. The Kier molecular flexibility index (Phi) is 22.8. The first-order valence-corrected chi connectivity index (χ1v) is 18.8. The van der Waals surface area contributed by atoms with Crippen molar-refractivity contribution in [1.82, 2.24) is 40.9 Å². The van der Waals surface area contributed by atoms with Gasteiger partial charge in [0.15, 0.2) is 0 Å². The van der Waals surface area contributed by atoms with Gasteiger partial charge in [-0.3, -0.25) is 24.4 Å². The number of unbranched alkanes of at least 4 members (excludes halogenated alkanes) is 5. The Morgan fingerprint density at radius 3 is 1.56 bits per heavy atom. The topological polar surface area (TPSA) is 216 Å². The van der Waals surface area contributed by atoms with Crippen LogP contribution in [0.2, 0.25) is 0 Å². The maximum absolute atomic E-state index is 12.8. The van der Waals surface area contributed by atoms with E-state index in [4.69, 9.17) is 0 Å². The molecule has 3 amide bonds. The summed E-state index contributed by atoms with van der Waals surface area (Å²) in [6.07, 6.45) is 8.66. The Labute approximate surface area is 329 Å². The molecule has 3 saturated heterocycles. The van der Waals surface area contributed by atoms with Crippen molar-refractivity contribution < 1.29 is 76.2 Å². The fourth-order valence-electron chi connectivity index (χ4n) is 6.51. The summed E-state index contributed by atoms with van der Waals surface area (Å²) in [5.41, 5.74) is 0. The second-order valence-corrected chi connectivity index (χ2v) is 14.5. The van der Waals surface area contributed by atoms with Gasteiger partial charge in [0.05, 0.1) is 36.5 Å².